The van der Waals surface area contributed by atoms with E-state index >= 15 is 0 Å². The van der Waals surface area contributed by atoms with Crippen LogP contribution in [-0.4, -0.2) is 26.9 Å². The first kappa shape index (κ1) is 24.4. The minimum absolute atomic E-state index is 0.0228. The standard InChI is InChI=1S/C27H17F5N4O/c28-19-11-17(10-18(13-19)27(30,31)32)24(37)12-16-8-15(3-4-21(16)29)9-23-20(2-1-6-33-23)25-26-22(5-7-34-26)35-14-36-25/h1-4,6-8,10-11,13-14H,5,9,12H2. The summed E-state index contributed by atoms with van der Waals surface area (Å²) in [4.78, 5) is 30.1. The van der Waals surface area contributed by atoms with Crippen molar-refractivity contribution in [2.24, 2.45) is 4.99 Å². The molecule has 0 fully saturated rings. The van der Waals surface area contributed by atoms with Gasteiger partial charge in [0, 0.05) is 42.8 Å². The predicted octanol–water partition coefficient (Wildman–Crippen LogP) is 6.11. The number of carbonyl (C=O) groups is 1. The number of nitrogens with zero attached hydrogens (tertiary/aromatic N) is 4. The van der Waals surface area contributed by atoms with Crippen LogP contribution in [0.3, 0.4) is 0 Å². The van der Waals surface area contributed by atoms with Crippen molar-refractivity contribution >= 4 is 17.7 Å². The number of alkyl halides is 3. The summed E-state index contributed by atoms with van der Waals surface area (Å²) < 4.78 is 67.4. The van der Waals surface area contributed by atoms with Crippen LogP contribution in [-0.2, 0) is 25.4 Å². The van der Waals surface area contributed by atoms with E-state index in [4.69, 9.17) is 0 Å². The number of hydrogen-bond donors (Lipinski definition) is 0. The fourth-order valence-corrected chi connectivity index (χ4v) is 4.17. The Balaban J connectivity index is 1.43. The number of rotatable bonds is 6. The van der Waals surface area contributed by atoms with E-state index in [9.17, 15) is 26.7 Å². The normalized spacial score (nSPS) is 12.6. The Morgan fingerprint density at radius 1 is 0.973 bits per heavy atom. The number of halogens is 5. The fraction of sp³-hybridized carbons (Fsp3) is 0.148. The summed E-state index contributed by atoms with van der Waals surface area (Å²) in [7, 11) is 0. The molecule has 0 aliphatic carbocycles. The maximum Gasteiger partial charge on any atom is 0.416 e. The number of fused-ring (bicyclic) bond motifs is 1. The number of hydrogen-bond acceptors (Lipinski definition) is 5. The topological polar surface area (TPSA) is 68.1 Å². The van der Waals surface area contributed by atoms with Gasteiger partial charge < -0.3 is 0 Å². The maximum atomic E-state index is 14.6. The van der Waals surface area contributed by atoms with Crippen molar-refractivity contribution in [3.8, 4) is 11.3 Å². The summed E-state index contributed by atoms with van der Waals surface area (Å²) in [5, 5.41) is 0. The van der Waals surface area contributed by atoms with Crippen LogP contribution in [0.2, 0.25) is 0 Å². The molecule has 0 saturated heterocycles. The van der Waals surface area contributed by atoms with Crippen molar-refractivity contribution in [2.45, 2.75) is 25.4 Å². The third kappa shape index (κ3) is 5.13. The zero-order chi connectivity index (χ0) is 26.2. The Morgan fingerprint density at radius 3 is 2.62 bits per heavy atom. The first-order chi connectivity index (χ1) is 17.7. The Hall–Kier alpha value is -4.34. The Kier molecular flexibility index (Phi) is 6.32. The van der Waals surface area contributed by atoms with Crippen molar-refractivity contribution in [1.82, 2.24) is 15.0 Å². The lowest BCUT2D eigenvalue weighted by molar-refractivity contribution is -0.137. The number of aliphatic imine (C=N–C) groups is 1. The maximum absolute atomic E-state index is 14.6. The average molecular weight is 508 g/mol. The van der Waals surface area contributed by atoms with Crippen LogP contribution in [0.4, 0.5) is 27.6 Å². The lowest BCUT2D eigenvalue weighted by Crippen LogP contribution is -2.11. The molecule has 0 unspecified atom stereocenters. The molecule has 0 amide bonds. The second-order valence-electron chi connectivity index (χ2n) is 8.46. The highest BCUT2D eigenvalue weighted by Gasteiger charge is 2.32. The highest BCUT2D eigenvalue weighted by molar-refractivity contribution is 5.97. The molecule has 3 heterocycles. The summed E-state index contributed by atoms with van der Waals surface area (Å²) in [6.45, 7) is 0. The SMILES string of the molecule is O=C(Cc1cc(Cc2ncccc2-c2ncnc3c2N=CC3)ccc1F)c1cc(F)cc(C(F)(F)F)c1. The number of carbonyl (C=O) groups excluding carboxylic acids is 1. The van der Waals surface area contributed by atoms with Gasteiger partial charge in [-0.1, -0.05) is 12.1 Å². The van der Waals surface area contributed by atoms with E-state index in [1.165, 1.54) is 24.5 Å². The molecule has 4 aromatic rings. The third-order valence-electron chi connectivity index (χ3n) is 5.93. The molecule has 5 nitrogen and oxygen atoms in total. The largest absolute Gasteiger partial charge is 0.416 e. The average Bonchev–Trinajstić information content (AvgIpc) is 3.35. The zero-order valence-corrected chi connectivity index (χ0v) is 19.1. The Labute approximate surface area is 207 Å². The summed E-state index contributed by atoms with van der Waals surface area (Å²) in [6, 6.07) is 9.36. The molecular weight excluding hydrogens is 491 g/mol. The molecule has 0 spiro atoms. The van der Waals surface area contributed by atoms with Gasteiger partial charge in [0.1, 0.15) is 29.3 Å². The minimum Gasteiger partial charge on any atom is -0.294 e. The molecule has 186 valence electrons. The van der Waals surface area contributed by atoms with Gasteiger partial charge in [-0.3, -0.25) is 14.8 Å². The molecule has 0 radical (unpaired) electrons. The van der Waals surface area contributed by atoms with Gasteiger partial charge in [-0.25, -0.2) is 18.7 Å². The van der Waals surface area contributed by atoms with E-state index in [-0.39, 0.29) is 12.0 Å². The van der Waals surface area contributed by atoms with Crippen molar-refractivity contribution in [3.63, 3.8) is 0 Å². The van der Waals surface area contributed by atoms with E-state index in [1.54, 1.807) is 18.5 Å². The third-order valence-corrected chi connectivity index (χ3v) is 5.93. The van der Waals surface area contributed by atoms with Crippen LogP contribution < -0.4 is 0 Å². The Morgan fingerprint density at radius 2 is 1.81 bits per heavy atom. The summed E-state index contributed by atoms with van der Waals surface area (Å²) in [6.07, 6.45) is 0.321. The molecule has 5 rings (SSSR count). The van der Waals surface area contributed by atoms with Gasteiger partial charge in [0.25, 0.3) is 0 Å². The Bertz CT molecular complexity index is 1550. The van der Waals surface area contributed by atoms with Gasteiger partial charge in [0.15, 0.2) is 5.78 Å². The van der Waals surface area contributed by atoms with Gasteiger partial charge in [-0.05, 0) is 47.5 Å². The second-order valence-corrected chi connectivity index (χ2v) is 8.46. The molecule has 37 heavy (non-hydrogen) atoms. The van der Waals surface area contributed by atoms with Gasteiger partial charge >= 0.3 is 6.18 Å². The van der Waals surface area contributed by atoms with Crippen LogP contribution in [0.5, 0.6) is 0 Å². The van der Waals surface area contributed by atoms with Crippen LogP contribution in [0.15, 0.2) is 66.0 Å². The lowest BCUT2D eigenvalue weighted by atomic mass is 9.96. The van der Waals surface area contributed by atoms with Gasteiger partial charge in [-0.15, -0.1) is 0 Å². The van der Waals surface area contributed by atoms with Crippen molar-refractivity contribution in [3.05, 3.63) is 106 Å². The van der Waals surface area contributed by atoms with E-state index in [0.29, 0.717) is 47.3 Å². The summed E-state index contributed by atoms with van der Waals surface area (Å²) in [5.41, 5.74) is 2.26. The number of ketones is 1. The molecule has 1 aliphatic heterocycles. The fourth-order valence-electron chi connectivity index (χ4n) is 4.17. The number of Topliss-reactive ketones (excluding diaryl/α,β-unsaturated/α-hetero) is 1. The first-order valence-electron chi connectivity index (χ1n) is 11.2. The molecule has 0 bridgehead atoms. The molecule has 2 aromatic heterocycles. The minimum atomic E-state index is -4.82. The number of pyridine rings is 1. The first-order valence-corrected chi connectivity index (χ1v) is 11.2. The van der Waals surface area contributed by atoms with Crippen LogP contribution >= 0.6 is 0 Å². The van der Waals surface area contributed by atoms with Crippen molar-refractivity contribution < 1.29 is 26.7 Å². The van der Waals surface area contributed by atoms with E-state index < -0.39 is 41.1 Å². The quantitative estimate of drug-likeness (QED) is 0.233. The molecule has 10 heteroatoms. The summed E-state index contributed by atoms with van der Waals surface area (Å²) in [5.74, 6) is -2.74. The van der Waals surface area contributed by atoms with Crippen molar-refractivity contribution in [1.29, 1.82) is 0 Å². The molecule has 2 aromatic carbocycles. The second kappa shape index (κ2) is 9.61. The molecule has 0 saturated carbocycles. The highest BCUT2D eigenvalue weighted by Crippen LogP contribution is 2.35. The van der Waals surface area contributed by atoms with Crippen LogP contribution in [0.25, 0.3) is 11.3 Å². The smallest absolute Gasteiger partial charge is 0.294 e. The molecule has 0 N–H and O–H groups in total. The monoisotopic (exact) mass is 508 g/mol. The van der Waals surface area contributed by atoms with Crippen LogP contribution in [0, 0.1) is 11.6 Å². The van der Waals surface area contributed by atoms with E-state index in [1.807, 2.05) is 6.07 Å². The predicted molar refractivity (Wildman–Crippen MR) is 126 cm³/mol. The van der Waals surface area contributed by atoms with Gasteiger partial charge in [0.2, 0.25) is 0 Å². The summed E-state index contributed by atoms with van der Waals surface area (Å²) >= 11 is 0. The lowest BCUT2D eigenvalue weighted by Gasteiger charge is -2.12. The van der Waals surface area contributed by atoms with E-state index in [2.05, 4.69) is 19.9 Å². The number of benzene rings is 2. The zero-order valence-electron chi connectivity index (χ0n) is 19.1. The van der Waals surface area contributed by atoms with E-state index in [0.717, 1.165) is 11.3 Å². The molecule has 1 aliphatic rings. The van der Waals surface area contributed by atoms with Crippen LogP contribution in [0.1, 0.15) is 38.4 Å². The van der Waals surface area contributed by atoms with Crippen molar-refractivity contribution in [2.75, 3.05) is 0 Å². The van der Waals surface area contributed by atoms with Gasteiger partial charge in [0.05, 0.1) is 17.0 Å². The number of aromatic nitrogens is 3. The molecule has 0 atom stereocenters. The van der Waals surface area contributed by atoms with Gasteiger partial charge in [-0.2, -0.15) is 13.2 Å². The highest BCUT2D eigenvalue weighted by atomic mass is 19.4. The molecular formula is C27H17F5N4O.